The van der Waals surface area contributed by atoms with E-state index >= 15 is 0 Å². The summed E-state index contributed by atoms with van der Waals surface area (Å²) in [5.74, 6) is -0.331. The predicted molar refractivity (Wildman–Crippen MR) is 78.5 cm³/mol. The summed E-state index contributed by atoms with van der Waals surface area (Å²) in [6.07, 6.45) is 0.720. The Kier molecular flexibility index (Phi) is 3.92. The Labute approximate surface area is 128 Å². The van der Waals surface area contributed by atoms with Crippen molar-refractivity contribution in [2.24, 2.45) is 11.1 Å². The van der Waals surface area contributed by atoms with Crippen molar-refractivity contribution in [2.45, 2.75) is 12.3 Å². The summed E-state index contributed by atoms with van der Waals surface area (Å²) in [6, 6.07) is 6.33. The zero-order valence-corrected chi connectivity index (χ0v) is 12.8. The molecule has 3 rings (SSSR count). The smallest absolute Gasteiger partial charge is 0.277 e. The SMILES string of the molecule is NS(=O)(=O)N1CCN(C(=O)[C@@H]2C[C@H]2c2cccc(F)c2)CC1. The van der Waals surface area contributed by atoms with Crippen LogP contribution in [0, 0.1) is 11.7 Å². The highest BCUT2D eigenvalue weighted by molar-refractivity contribution is 7.86. The molecule has 2 fully saturated rings. The Bertz CT molecular complexity index is 686. The van der Waals surface area contributed by atoms with E-state index in [1.807, 2.05) is 6.07 Å². The fourth-order valence-corrected chi connectivity index (χ4v) is 3.64. The summed E-state index contributed by atoms with van der Waals surface area (Å²) in [4.78, 5) is 14.1. The lowest BCUT2D eigenvalue weighted by Gasteiger charge is -2.33. The van der Waals surface area contributed by atoms with E-state index in [2.05, 4.69) is 0 Å². The van der Waals surface area contributed by atoms with Gasteiger partial charge in [0.2, 0.25) is 5.91 Å². The van der Waals surface area contributed by atoms with Crippen LogP contribution in [0.25, 0.3) is 0 Å². The first kappa shape index (κ1) is 15.4. The molecule has 2 N–H and O–H groups in total. The highest BCUT2D eigenvalue weighted by Crippen LogP contribution is 2.48. The molecule has 0 spiro atoms. The topological polar surface area (TPSA) is 83.7 Å². The Morgan fingerprint density at radius 1 is 1.23 bits per heavy atom. The molecule has 2 aliphatic rings. The van der Waals surface area contributed by atoms with E-state index in [1.54, 1.807) is 11.0 Å². The van der Waals surface area contributed by atoms with Crippen molar-refractivity contribution in [2.75, 3.05) is 26.2 Å². The molecule has 6 nitrogen and oxygen atoms in total. The standard InChI is InChI=1S/C14H18FN3O3S/c15-11-3-1-2-10(8-11)12-9-13(12)14(19)17-4-6-18(7-5-17)22(16,20)21/h1-3,8,12-13H,4-7,9H2,(H2,16,20,21)/t12-,13+/m0/s1. The van der Waals surface area contributed by atoms with Gasteiger partial charge in [-0.15, -0.1) is 0 Å². The van der Waals surface area contributed by atoms with Crippen LogP contribution in [0.15, 0.2) is 24.3 Å². The molecule has 0 unspecified atom stereocenters. The average Bonchev–Trinajstić information content (AvgIpc) is 3.26. The van der Waals surface area contributed by atoms with E-state index < -0.39 is 10.2 Å². The van der Waals surface area contributed by atoms with Gasteiger partial charge >= 0.3 is 0 Å². The number of hydrogen-bond donors (Lipinski definition) is 1. The highest BCUT2D eigenvalue weighted by Gasteiger charge is 2.46. The average molecular weight is 327 g/mol. The summed E-state index contributed by atoms with van der Waals surface area (Å²) < 4.78 is 36.9. The van der Waals surface area contributed by atoms with Crippen molar-refractivity contribution in [1.29, 1.82) is 0 Å². The van der Waals surface area contributed by atoms with Gasteiger partial charge in [-0.1, -0.05) is 12.1 Å². The maximum absolute atomic E-state index is 13.2. The van der Waals surface area contributed by atoms with Gasteiger partial charge in [0.15, 0.2) is 0 Å². The maximum atomic E-state index is 13.2. The summed E-state index contributed by atoms with van der Waals surface area (Å²) in [5, 5.41) is 5.08. The summed E-state index contributed by atoms with van der Waals surface area (Å²) in [7, 11) is -3.68. The largest absolute Gasteiger partial charge is 0.340 e. The highest BCUT2D eigenvalue weighted by atomic mass is 32.2. The Hall–Kier alpha value is -1.51. The summed E-state index contributed by atoms with van der Waals surface area (Å²) >= 11 is 0. The normalized spacial score (nSPS) is 26.0. The minimum absolute atomic E-state index is 0.0170. The van der Waals surface area contributed by atoms with Gasteiger partial charge in [-0.05, 0) is 30.0 Å². The first-order valence-corrected chi connectivity index (χ1v) is 8.69. The van der Waals surface area contributed by atoms with E-state index in [0.717, 1.165) is 12.0 Å². The minimum Gasteiger partial charge on any atom is -0.340 e. The fraction of sp³-hybridized carbons (Fsp3) is 0.500. The summed E-state index contributed by atoms with van der Waals surface area (Å²) in [6.45, 7) is 1.15. The minimum atomic E-state index is -3.68. The van der Waals surface area contributed by atoms with E-state index in [-0.39, 0.29) is 36.6 Å². The van der Waals surface area contributed by atoms with Crippen molar-refractivity contribution in [3.05, 3.63) is 35.6 Å². The molecular weight excluding hydrogens is 309 g/mol. The third-order valence-electron chi connectivity index (χ3n) is 4.29. The Morgan fingerprint density at radius 2 is 1.91 bits per heavy atom. The van der Waals surface area contributed by atoms with Crippen LogP contribution in [-0.4, -0.2) is 49.7 Å². The number of rotatable bonds is 3. The third kappa shape index (κ3) is 3.13. The molecule has 2 atom stereocenters. The van der Waals surface area contributed by atoms with Crippen LogP contribution >= 0.6 is 0 Å². The van der Waals surface area contributed by atoms with Gasteiger partial charge in [-0.3, -0.25) is 4.79 Å². The van der Waals surface area contributed by atoms with Gasteiger partial charge in [0, 0.05) is 32.1 Å². The number of nitrogens with zero attached hydrogens (tertiary/aromatic N) is 2. The molecule has 1 heterocycles. The molecule has 1 saturated heterocycles. The molecule has 120 valence electrons. The molecule has 1 aromatic carbocycles. The second-order valence-corrected chi connectivity index (χ2v) is 7.32. The van der Waals surface area contributed by atoms with E-state index in [0.29, 0.717) is 13.1 Å². The molecule has 1 amide bonds. The zero-order valence-electron chi connectivity index (χ0n) is 12.0. The molecule has 22 heavy (non-hydrogen) atoms. The number of carbonyl (C=O) groups is 1. The Morgan fingerprint density at radius 3 is 2.50 bits per heavy atom. The van der Waals surface area contributed by atoms with Crippen LogP contribution in [0.3, 0.4) is 0 Å². The van der Waals surface area contributed by atoms with Gasteiger partial charge in [0.25, 0.3) is 10.2 Å². The van der Waals surface area contributed by atoms with Gasteiger partial charge in [0.1, 0.15) is 5.82 Å². The van der Waals surface area contributed by atoms with Crippen LogP contribution < -0.4 is 5.14 Å². The van der Waals surface area contributed by atoms with Gasteiger partial charge < -0.3 is 4.90 Å². The molecule has 0 radical (unpaired) electrons. The lowest BCUT2D eigenvalue weighted by atomic mass is 10.1. The van der Waals surface area contributed by atoms with Crippen molar-refractivity contribution in [3.63, 3.8) is 0 Å². The molecule has 0 aromatic heterocycles. The number of nitrogens with two attached hydrogens (primary N) is 1. The number of hydrogen-bond acceptors (Lipinski definition) is 3. The molecule has 8 heteroatoms. The lowest BCUT2D eigenvalue weighted by molar-refractivity contribution is -0.133. The van der Waals surface area contributed by atoms with E-state index in [9.17, 15) is 17.6 Å². The molecule has 0 bridgehead atoms. The molecular formula is C14H18FN3O3S. The maximum Gasteiger partial charge on any atom is 0.277 e. The fourth-order valence-electron chi connectivity index (χ4n) is 2.97. The number of piperazine rings is 1. The van der Waals surface area contributed by atoms with Gasteiger partial charge in [-0.2, -0.15) is 12.7 Å². The van der Waals surface area contributed by atoms with Crippen molar-refractivity contribution in [3.8, 4) is 0 Å². The number of carbonyl (C=O) groups excluding carboxylic acids is 1. The van der Waals surface area contributed by atoms with Gasteiger partial charge in [0.05, 0.1) is 0 Å². The molecule has 1 aromatic rings. The van der Waals surface area contributed by atoms with Crippen LogP contribution in [-0.2, 0) is 15.0 Å². The molecule has 1 saturated carbocycles. The van der Waals surface area contributed by atoms with Crippen molar-refractivity contribution < 1.29 is 17.6 Å². The monoisotopic (exact) mass is 327 g/mol. The number of benzene rings is 1. The quantitative estimate of drug-likeness (QED) is 0.865. The van der Waals surface area contributed by atoms with E-state index in [1.165, 1.54) is 16.4 Å². The van der Waals surface area contributed by atoms with E-state index in [4.69, 9.17) is 5.14 Å². The predicted octanol–water partition coefficient (Wildman–Crippen LogP) is 0.277. The first-order chi connectivity index (χ1) is 10.4. The number of amides is 1. The number of halogens is 1. The second-order valence-electron chi connectivity index (χ2n) is 5.77. The van der Waals surface area contributed by atoms with Crippen molar-refractivity contribution >= 4 is 16.1 Å². The van der Waals surface area contributed by atoms with Crippen molar-refractivity contribution in [1.82, 2.24) is 9.21 Å². The molecule has 1 aliphatic carbocycles. The van der Waals surface area contributed by atoms with Crippen LogP contribution in [0.5, 0.6) is 0 Å². The van der Waals surface area contributed by atoms with Gasteiger partial charge in [-0.25, -0.2) is 9.53 Å². The second kappa shape index (κ2) is 5.60. The van der Waals surface area contributed by atoms with Crippen LogP contribution in [0.4, 0.5) is 4.39 Å². The zero-order chi connectivity index (χ0) is 15.9. The third-order valence-corrected chi connectivity index (χ3v) is 5.38. The molecule has 1 aliphatic heterocycles. The van der Waals surface area contributed by atoms with Crippen LogP contribution in [0.2, 0.25) is 0 Å². The summed E-state index contributed by atoms with van der Waals surface area (Å²) in [5.41, 5.74) is 0.849. The van der Waals surface area contributed by atoms with Crippen LogP contribution in [0.1, 0.15) is 17.9 Å². The lowest BCUT2D eigenvalue weighted by Crippen LogP contribution is -2.52. The first-order valence-electron chi connectivity index (χ1n) is 7.18. The Balaban J connectivity index is 1.58.